The Morgan fingerprint density at radius 2 is 1.39 bits per heavy atom. The molecule has 2 rings (SSSR count). The van der Waals surface area contributed by atoms with Crippen LogP contribution in [-0.2, 0) is 16.4 Å². The molecular formula is C24H40N2O2S3. The molecule has 0 saturated heterocycles. The molecule has 0 aliphatic heterocycles. The average molecular weight is 485 g/mol. The van der Waals surface area contributed by atoms with Gasteiger partial charge in [-0.2, -0.15) is 0 Å². The van der Waals surface area contributed by atoms with Crippen molar-refractivity contribution in [3.05, 3.63) is 17.7 Å². The zero-order chi connectivity index (χ0) is 22.5. The zero-order valence-corrected chi connectivity index (χ0v) is 21.8. The Kier molecular flexibility index (Phi) is 12.5. The second-order valence-electron chi connectivity index (χ2n) is 8.46. The van der Waals surface area contributed by atoms with Gasteiger partial charge in [-0.3, -0.25) is 0 Å². The number of nitrogens with two attached hydrogens (primary N) is 1. The molecule has 1 aromatic carbocycles. The molecule has 7 heteroatoms. The van der Waals surface area contributed by atoms with E-state index in [1.807, 2.05) is 12.3 Å². The number of benzene rings is 1. The van der Waals surface area contributed by atoms with Gasteiger partial charge in [0.05, 0.1) is 15.1 Å². The van der Waals surface area contributed by atoms with E-state index in [9.17, 15) is 8.42 Å². The van der Waals surface area contributed by atoms with Gasteiger partial charge in [0.15, 0.2) is 4.34 Å². The summed E-state index contributed by atoms with van der Waals surface area (Å²) in [6.45, 7) is 2.27. The van der Waals surface area contributed by atoms with Gasteiger partial charge in [0.25, 0.3) is 0 Å². The molecule has 0 bridgehead atoms. The number of primary sulfonamides is 1. The number of aromatic nitrogens is 1. The summed E-state index contributed by atoms with van der Waals surface area (Å²) in [4.78, 5) is 4.89. The van der Waals surface area contributed by atoms with E-state index in [1.54, 1.807) is 29.2 Å². The second-order valence-corrected chi connectivity index (χ2v) is 12.1. The van der Waals surface area contributed by atoms with Crippen molar-refractivity contribution in [2.45, 2.75) is 112 Å². The number of unbranched alkanes of at least 4 members (excludes halogenated alkanes) is 13. The van der Waals surface area contributed by atoms with Crippen LogP contribution in [0.2, 0.25) is 0 Å². The Bertz CT molecular complexity index is 878. The summed E-state index contributed by atoms with van der Waals surface area (Å²) >= 11 is 3.20. The highest BCUT2D eigenvalue weighted by Gasteiger charge is 2.19. The minimum atomic E-state index is -3.73. The molecule has 0 spiro atoms. The normalized spacial score (nSPS) is 12.1. The van der Waals surface area contributed by atoms with Crippen LogP contribution in [0.3, 0.4) is 0 Å². The number of nitrogens with zero attached hydrogens (tertiary/aromatic N) is 1. The third-order valence-electron chi connectivity index (χ3n) is 5.86. The first-order valence-corrected chi connectivity index (χ1v) is 15.5. The van der Waals surface area contributed by atoms with E-state index in [0.717, 1.165) is 39.4 Å². The van der Waals surface area contributed by atoms with Crippen LogP contribution in [-0.4, -0.2) is 19.7 Å². The highest BCUT2D eigenvalue weighted by molar-refractivity contribution is 8.00. The predicted octanol–water partition coefficient (Wildman–Crippen LogP) is 7.69. The lowest BCUT2D eigenvalue weighted by atomic mass is 10.0. The lowest BCUT2D eigenvalue weighted by molar-refractivity contribution is 0.535. The largest absolute Gasteiger partial charge is 0.238 e. The van der Waals surface area contributed by atoms with E-state index in [1.165, 1.54) is 77.0 Å². The van der Waals surface area contributed by atoms with Crippen LogP contribution in [0.25, 0.3) is 10.2 Å². The average Bonchev–Trinajstić information content (AvgIpc) is 3.17. The number of hydrogen-bond acceptors (Lipinski definition) is 5. The molecule has 4 nitrogen and oxygen atoms in total. The highest BCUT2D eigenvalue weighted by atomic mass is 32.2. The molecular weight excluding hydrogens is 444 g/mol. The van der Waals surface area contributed by atoms with E-state index in [0.29, 0.717) is 0 Å². The maximum absolute atomic E-state index is 12.1. The molecule has 0 radical (unpaired) electrons. The van der Waals surface area contributed by atoms with Crippen molar-refractivity contribution in [1.29, 1.82) is 0 Å². The Balaban J connectivity index is 1.68. The number of thioether (sulfide) groups is 1. The topological polar surface area (TPSA) is 73.1 Å². The number of sulfonamides is 1. The summed E-state index contributed by atoms with van der Waals surface area (Å²) in [7, 11) is -3.73. The Hall–Kier alpha value is -0.630. The summed E-state index contributed by atoms with van der Waals surface area (Å²) in [5.74, 6) is 0. The summed E-state index contributed by atoms with van der Waals surface area (Å²) in [5, 5.41) is 5.48. The van der Waals surface area contributed by atoms with Crippen molar-refractivity contribution < 1.29 is 8.42 Å². The van der Waals surface area contributed by atoms with E-state index >= 15 is 0 Å². The molecule has 0 fully saturated rings. The van der Waals surface area contributed by atoms with Crippen LogP contribution in [0, 0.1) is 0 Å². The molecule has 0 atom stereocenters. The second kappa shape index (κ2) is 14.5. The molecule has 31 heavy (non-hydrogen) atoms. The van der Waals surface area contributed by atoms with Gasteiger partial charge in [-0.05, 0) is 36.8 Å². The quantitative estimate of drug-likeness (QED) is 0.184. The first-order valence-electron chi connectivity index (χ1n) is 12.0. The van der Waals surface area contributed by atoms with Crippen molar-refractivity contribution in [1.82, 2.24) is 4.98 Å². The molecule has 2 aromatic rings. The first kappa shape index (κ1) is 26.6. The lowest BCUT2D eigenvalue weighted by Gasteiger charge is -2.09. The molecule has 2 N–H and O–H groups in total. The Morgan fingerprint density at radius 3 is 1.87 bits per heavy atom. The number of hydrogen-bond donors (Lipinski definition) is 1. The van der Waals surface area contributed by atoms with Gasteiger partial charge in [0.2, 0.25) is 10.0 Å². The van der Waals surface area contributed by atoms with Crippen molar-refractivity contribution >= 4 is 43.3 Å². The van der Waals surface area contributed by atoms with Gasteiger partial charge in [-0.1, -0.05) is 102 Å². The Morgan fingerprint density at radius 1 is 0.871 bits per heavy atom. The molecule has 0 saturated carbocycles. The summed E-state index contributed by atoms with van der Waals surface area (Å²) in [6, 6.07) is 3.49. The van der Waals surface area contributed by atoms with Crippen molar-refractivity contribution in [3.63, 3.8) is 0 Å². The van der Waals surface area contributed by atoms with E-state index in [4.69, 9.17) is 5.14 Å². The van der Waals surface area contributed by atoms with E-state index in [2.05, 4.69) is 11.9 Å². The SMILES string of the molecule is CCCCCCCCCCCCCCCCc1c(S(N)(=O)=O)ccc2sc(SC)nc12. The summed E-state index contributed by atoms with van der Waals surface area (Å²) < 4.78 is 26.1. The van der Waals surface area contributed by atoms with Crippen LogP contribution in [0.5, 0.6) is 0 Å². The molecule has 1 aromatic heterocycles. The van der Waals surface area contributed by atoms with Crippen LogP contribution >= 0.6 is 23.1 Å². The standard InChI is InChI=1S/C24H40N2O2S3/c1-3-4-5-6-7-8-9-10-11-12-13-14-15-16-17-20-22(31(25,27)28)19-18-21-23(20)26-24(29-2)30-21/h18-19H,3-17H2,1-2H3,(H2,25,27,28). The summed E-state index contributed by atoms with van der Waals surface area (Å²) in [6.07, 6.45) is 21.1. The summed E-state index contributed by atoms with van der Waals surface area (Å²) in [5.41, 5.74) is 1.62. The third-order valence-corrected chi connectivity index (χ3v) is 8.87. The fourth-order valence-corrected chi connectivity index (χ4v) is 6.41. The monoisotopic (exact) mass is 484 g/mol. The maximum atomic E-state index is 12.1. The molecule has 0 unspecified atom stereocenters. The predicted molar refractivity (Wildman–Crippen MR) is 137 cm³/mol. The number of thiazole rings is 1. The van der Waals surface area contributed by atoms with Gasteiger partial charge in [0, 0.05) is 0 Å². The number of fused-ring (bicyclic) bond motifs is 1. The van der Waals surface area contributed by atoms with Gasteiger partial charge in [-0.15, -0.1) is 11.3 Å². The Labute approximate surface area is 197 Å². The molecule has 1 heterocycles. The lowest BCUT2D eigenvalue weighted by Crippen LogP contribution is -2.15. The molecule has 0 amide bonds. The maximum Gasteiger partial charge on any atom is 0.238 e. The fourth-order valence-electron chi connectivity index (χ4n) is 4.10. The first-order chi connectivity index (χ1) is 15.0. The van der Waals surface area contributed by atoms with Crippen molar-refractivity contribution in [2.24, 2.45) is 5.14 Å². The van der Waals surface area contributed by atoms with Crippen molar-refractivity contribution in [3.8, 4) is 0 Å². The fraction of sp³-hybridized carbons (Fsp3) is 0.708. The minimum absolute atomic E-state index is 0.243. The van der Waals surface area contributed by atoms with Crippen molar-refractivity contribution in [2.75, 3.05) is 6.26 Å². The minimum Gasteiger partial charge on any atom is -0.229 e. The number of rotatable bonds is 17. The van der Waals surface area contributed by atoms with E-state index in [-0.39, 0.29) is 4.90 Å². The van der Waals surface area contributed by atoms with Gasteiger partial charge < -0.3 is 0 Å². The molecule has 0 aliphatic rings. The van der Waals surface area contributed by atoms with Crippen LogP contribution in [0.15, 0.2) is 21.4 Å². The smallest absolute Gasteiger partial charge is 0.229 e. The van der Waals surface area contributed by atoms with Gasteiger partial charge in [0.1, 0.15) is 0 Å². The third kappa shape index (κ3) is 9.40. The van der Waals surface area contributed by atoms with Gasteiger partial charge >= 0.3 is 0 Å². The van der Waals surface area contributed by atoms with Crippen LogP contribution < -0.4 is 5.14 Å². The van der Waals surface area contributed by atoms with Gasteiger partial charge in [-0.25, -0.2) is 18.5 Å². The van der Waals surface area contributed by atoms with Crippen LogP contribution in [0.4, 0.5) is 0 Å². The highest BCUT2D eigenvalue weighted by Crippen LogP contribution is 2.33. The number of aryl methyl sites for hydroxylation is 1. The molecule has 176 valence electrons. The van der Waals surface area contributed by atoms with E-state index < -0.39 is 10.0 Å². The molecule has 0 aliphatic carbocycles. The zero-order valence-electron chi connectivity index (χ0n) is 19.3. The van der Waals surface area contributed by atoms with Crippen LogP contribution in [0.1, 0.15) is 102 Å².